The molecule has 6 heteroatoms. The molecule has 0 saturated heterocycles. The van der Waals surface area contributed by atoms with Crippen LogP contribution in [0.4, 0.5) is 4.79 Å². The second kappa shape index (κ2) is 7.34. The Labute approximate surface area is 110 Å². The summed E-state index contributed by atoms with van der Waals surface area (Å²) < 4.78 is 4.45. The van der Waals surface area contributed by atoms with E-state index in [0.29, 0.717) is 5.02 Å². The van der Waals surface area contributed by atoms with Gasteiger partial charge in [-0.1, -0.05) is 23.7 Å². The summed E-state index contributed by atoms with van der Waals surface area (Å²) in [7, 11) is 0. The third-order valence-electron chi connectivity index (χ3n) is 1.94. The average molecular weight is 269 g/mol. The normalized spacial score (nSPS) is 10.3. The molecule has 18 heavy (non-hydrogen) atoms. The number of hydrogen-bond donors (Lipinski definition) is 2. The highest BCUT2D eigenvalue weighted by atomic mass is 35.5. The summed E-state index contributed by atoms with van der Waals surface area (Å²) in [5.74, 6) is -0.280. The Morgan fingerprint density at radius 3 is 2.61 bits per heavy atom. The summed E-state index contributed by atoms with van der Waals surface area (Å²) in [5, 5.41) is 3.17. The van der Waals surface area contributed by atoms with Crippen molar-refractivity contribution in [2.24, 2.45) is 5.73 Å². The molecule has 0 bridgehead atoms. The molecular weight excluding hydrogens is 256 g/mol. The van der Waals surface area contributed by atoms with Gasteiger partial charge < -0.3 is 15.8 Å². The minimum absolute atomic E-state index is 0.0514. The van der Waals surface area contributed by atoms with Crippen LogP contribution in [0.3, 0.4) is 0 Å². The Hall–Kier alpha value is -2.01. The highest BCUT2D eigenvalue weighted by Gasteiger charge is 1.96. The molecule has 0 aliphatic carbocycles. The lowest BCUT2D eigenvalue weighted by molar-refractivity contribution is -0.116. The number of ether oxygens (including phenoxy) is 1. The quantitative estimate of drug-likeness (QED) is 0.628. The Kier molecular flexibility index (Phi) is 5.73. The molecule has 0 atom stereocenters. The molecule has 5 nitrogen and oxygen atoms in total. The lowest BCUT2D eigenvalue weighted by Crippen LogP contribution is -2.27. The topological polar surface area (TPSA) is 81.4 Å². The second-order valence-electron chi connectivity index (χ2n) is 3.34. The molecule has 0 radical (unpaired) electrons. The van der Waals surface area contributed by atoms with E-state index in [1.807, 2.05) is 0 Å². The summed E-state index contributed by atoms with van der Waals surface area (Å²) >= 11 is 5.73. The first kappa shape index (κ1) is 14.1. The van der Waals surface area contributed by atoms with E-state index >= 15 is 0 Å². The number of rotatable bonds is 5. The van der Waals surface area contributed by atoms with Crippen molar-refractivity contribution in [1.82, 2.24) is 5.32 Å². The molecule has 1 rings (SSSR count). The number of nitrogens with two attached hydrogens (primary N) is 1. The fraction of sp³-hybridized carbons (Fsp3) is 0.167. The zero-order valence-corrected chi connectivity index (χ0v) is 10.3. The maximum Gasteiger partial charge on any atom is 0.404 e. The fourth-order valence-corrected chi connectivity index (χ4v) is 1.26. The zero-order chi connectivity index (χ0) is 13.4. The molecule has 0 unspecified atom stereocenters. The van der Waals surface area contributed by atoms with Crippen LogP contribution in [0.15, 0.2) is 30.3 Å². The van der Waals surface area contributed by atoms with Gasteiger partial charge in [0.05, 0.1) is 6.54 Å². The van der Waals surface area contributed by atoms with E-state index in [4.69, 9.17) is 17.3 Å². The van der Waals surface area contributed by atoms with Gasteiger partial charge in [-0.25, -0.2) is 4.79 Å². The van der Waals surface area contributed by atoms with Crippen LogP contribution in [0, 0.1) is 0 Å². The molecule has 0 aliphatic rings. The summed E-state index contributed by atoms with van der Waals surface area (Å²) in [5.41, 5.74) is 5.62. The number of primary amides is 1. The smallest absolute Gasteiger partial charge is 0.404 e. The third-order valence-corrected chi connectivity index (χ3v) is 2.19. The summed E-state index contributed by atoms with van der Waals surface area (Å²) in [4.78, 5) is 21.6. The van der Waals surface area contributed by atoms with Crippen LogP contribution in [0.5, 0.6) is 0 Å². The van der Waals surface area contributed by atoms with E-state index in [1.54, 1.807) is 30.3 Å². The van der Waals surface area contributed by atoms with Crippen LogP contribution >= 0.6 is 11.6 Å². The monoisotopic (exact) mass is 268 g/mol. The molecule has 0 spiro atoms. The molecule has 2 amide bonds. The number of carbonyl (C=O) groups excluding carboxylic acids is 2. The first-order valence-electron chi connectivity index (χ1n) is 5.21. The van der Waals surface area contributed by atoms with E-state index < -0.39 is 6.09 Å². The molecule has 0 saturated carbocycles. The van der Waals surface area contributed by atoms with Crippen molar-refractivity contribution >= 4 is 29.7 Å². The number of carbonyl (C=O) groups is 2. The SMILES string of the molecule is NC(=O)OCCNC(=O)C=Cc1ccc(Cl)cc1. The maximum atomic E-state index is 11.3. The molecule has 96 valence electrons. The van der Waals surface area contributed by atoms with E-state index in [-0.39, 0.29) is 19.1 Å². The van der Waals surface area contributed by atoms with Gasteiger partial charge in [-0.05, 0) is 23.8 Å². The van der Waals surface area contributed by atoms with Crippen molar-refractivity contribution in [3.63, 3.8) is 0 Å². The van der Waals surface area contributed by atoms with Crippen LogP contribution in [-0.4, -0.2) is 25.2 Å². The van der Waals surface area contributed by atoms with Gasteiger partial charge in [0.2, 0.25) is 5.91 Å². The summed E-state index contributed by atoms with van der Waals surface area (Å²) in [6, 6.07) is 7.06. The van der Waals surface area contributed by atoms with E-state index in [1.165, 1.54) is 6.08 Å². The van der Waals surface area contributed by atoms with Gasteiger partial charge in [-0.15, -0.1) is 0 Å². The van der Waals surface area contributed by atoms with Gasteiger partial charge in [0.25, 0.3) is 0 Å². The van der Waals surface area contributed by atoms with Crippen LogP contribution in [0.1, 0.15) is 5.56 Å². The molecular formula is C12H13ClN2O3. The predicted octanol–water partition coefficient (Wildman–Crippen LogP) is 1.56. The molecule has 0 fully saturated rings. The van der Waals surface area contributed by atoms with Crippen molar-refractivity contribution in [2.75, 3.05) is 13.2 Å². The van der Waals surface area contributed by atoms with Gasteiger partial charge in [0.15, 0.2) is 0 Å². The molecule has 1 aromatic rings. The van der Waals surface area contributed by atoms with Gasteiger partial charge >= 0.3 is 6.09 Å². The van der Waals surface area contributed by atoms with Gasteiger partial charge in [0.1, 0.15) is 6.61 Å². The highest BCUT2D eigenvalue weighted by Crippen LogP contribution is 2.10. The van der Waals surface area contributed by atoms with E-state index in [2.05, 4.69) is 10.1 Å². The maximum absolute atomic E-state index is 11.3. The molecule has 1 aromatic carbocycles. The highest BCUT2D eigenvalue weighted by molar-refractivity contribution is 6.30. The Morgan fingerprint density at radius 1 is 1.33 bits per heavy atom. The first-order chi connectivity index (χ1) is 8.58. The van der Waals surface area contributed by atoms with Crippen molar-refractivity contribution in [3.05, 3.63) is 40.9 Å². The number of benzene rings is 1. The lowest BCUT2D eigenvalue weighted by atomic mass is 10.2. The average Bonchev–Trinajstić information content (AvgIpc) is 2.34. The van der Waals surface area contributed by atoms with Crippen LogP contribution in [0.25, 0.3) is 6.08 Å². The molecule has 0 heterocycles. The second-order valence-corrected chi connectivity index (χ2v) is 3.78. The Bertz CT molecular complexity index is 443. The van der Waals surface area contributed by atoms with Crippen molar-refractivity contribution in [1.29, 1.82) is 0 Å². The minimum Gasteiger partial charge on any atom is -0.448 e. The van der Waals surface area contributed by atoms with Gasteiger partial charge in [-0.2, -0.15) is 0 Å². The van der Waals surface area contributed by atoms with Crippen LogP contribution in [0.2, 0.25) is 5.02 Å². The molecule has 0 aliphatic heterocycles. The number of nitrogens with one attached hydrogen (secondary N) is 1. The summed E-state index contributed by atoms with van der Waals surface area (Å²) in [6.07, 6.45) is 2.18. The Morgan fingerprint density at radius 2 is 2.00 bits per heavy atom. The Balaban J connectivity index is 2.31. The lowest BCUT2D eigenvalue weighted by Gasteiger charge is -2.01. The fourth-order valence-electron chi connectivity index (χ4n) is 1.13. The van der Waals surface area contributed by atoms with Crippen molar-refractivity contribution in [3.8, 4) is 0 Å². The van der Waals surface area contributed by atoms with Crippen LogP contribution in [-0.2, 0) is 9.53 Å². The standard InChI is InChI=1S/C12H13ClN2O3/c13-10-4-1-9(2-5-10)3-6-11(16)15-7-8-18-12(14)17/h1-6H,7-8H2,(H2,14,17)(H,15,16). The number of halogens is 1. The van der Waals surface area contributed by atoms with E-state index in [9.17, 15) is 9.59 Å². The molecule has 0 aromatic heterocycles. The van der Waals surface area contributed by atoms with E-state index in [0.717, 1.165) is 5.56 Å². The van der Waals surface area contributed by atoms with Gasteiger partial charge in [-0.3, -0.25) is 4.79 Å². The van der Waals surface area contributed by atoms with Gasteiger partial charge in [0, 0.05) is 11.1 Å². The number of amides is 2. The minimum atomic E-state index is -0.860. The predicted molar refractivity (Wildman–Crippen MR) is 69.0 cm³/mol. The zero-order valence-electron chi connectivity index (χ0n) is 9.56. The van der Waals surface area contributed by atoms with Crippen LogP contribution < -0.4 is 11.1 Å². The largest absolute Gasteiger partial charge is 0.448 e. The third kappa shape index (κ3) is 5.91. The van der Waals surface area contributed by atoms with Crippen molar-refractivity contribution in [2.45, 2.75) is 0 Å². The molecule has 3 N–H and O–H groups in total. The first-order valence-corrected chi connectivity index (χ1v) is 5.59. The number of hydrogen-bond acceptors (Lipinski definition) is 3. The summed E-state index contributed by atoms with van der Waals surface area (Å²) in [6.45, 7) is 0.266. The van der Waals surface area contributed by atoms with Crippen molar-refractivity contribution < 1.29 is 14.3 Å².